The molecule has 0 aliphatic rings. The van der Waals surface area contributed by atoms with Gasteiger partial charge in [-0.2, -0.15) is 0 Å². The maximum atomic E-state index is 13.0. The highest BCUT2D eigenvalue weighted by atomic mass is 16.6. The third kappa shape index (κ3) is 15.7. The van der Waals surface area contributed by atoms with Gasteiger partial charge < -0.3 is 24.8 Å². The van der Waals surface area contributed by atoms with E-state index in [-0.39, 0.29) is 60.5 Å². The lowest BCUT2D eigenvalue weighted by molar-refractivity contribution is -0.128. The number of anilines is 2. The molecule has 292 valence electrons. The van der Waals surface area contributed by atoms with Crippen LogP contribution in [0, 0.1) is 5.41 Å². The molecule has 0 heterocycles. The van der Waals surface area contributed by atoms with E-state index >= 15 is 0 Å². The number of hydrogen-bond acceptors (Lipinski definition) is 7. The lowest BCUT2D eigenvalue weighted by Crippen LogP contribution is -2.34. The van der Waals surface area contributed by atoms with Crippen molar-refractivity contribution >= 4 is 34.8 Å². The van der Waals surface area contributed by atoms with Crippen molar-refractivity contribution in [2.24, 2.45) is 5.41 Å². The zero-order valence-electron chi connectivity index (χ0n) is 33.1. The van der Waals surface area contributed by atoms with Crippen LogP contribution >= 0.6 is 0 Å². The van der Waals surface area contributed by atoms with Gasteiger partial charge in [0.1, 0.15) is 0 Å². The van der Waals surface area contributed by atoms with Crippen LogP contribution in [0.4, 0.5) is 11.4 Å². The van der Waals surface area contributed by atoms with E-state index in [0.717, 1.165) is 6.42 Å². The Labute approximate surface area is 326 Å². The van der Waals surface area contributed by atoms with Crippen LogP contribution in [0.1, 0.15) is 105 Å². The second-order valence-electron chi connectivity index (χ2n) is 15.9. The highest BCUT2D eigenvalue weighted by molar-refractivity contribution is 6.10. The van der Waals surface area contributed by atoms with Gasteiger partial charge in [0, 0.05) is 53.1 Å². The van der Waals surface area contributed by atoms with Crippen LogP contribution in [0.3, 0.4) is 0 Å². The van der Waals surface area contributed by atoms with Crippen molar-refractivity contribution in [1.29, 1.82) is 0 Å². The number of carbonyl (C=O) groups is 4. The van der Waals surface area contributed by atoms with Gasteiger partial charge in [-0.3, -0.25) is 19.2 Å². The molecule has 4 aromatic rings. The number of nitrogens with one attached hydrogen (secondary N) is 2. The molecule has 0 aromatic heterocycles. The smallest absolute Gasteiger partial charge is 0.224 e. The predicted molar refractivity (Wildman–Crippen MR) is 218 cm³/mol. The number of benzene rings is 4. The number of carbonyl (C=O) groups excluding carboxylic acids is 4. The van der Waals surface area contributed by atoms with Gasteiger partial charge in [0.15, 0.2) is 11.6 Å². The Morgan fingerprint density at radius 2 is 0.964 bits per heavy atom. The summed E-state index contributed by atoms with van der Waals surface area (Å²) in [4.78, 5) is 51.6. The number of ketones is 2. The number of ether oxygens (including phenoxy) is 3. The lowest BCUT2D eigenvalue weighted by Gasteiger charge is -2.29. The first kappa shape index (κ1) is 42.8. The van der Waals surface area contributed by atoms with Crippen molar-refractivity contribution < 1.29 is 33.4 Å². The summed E-state index contributed by atoms with van der Waals surface area (Å²) >= 11 is 0. The fraction of sp³-hybridized carbons (Fsp3) is 0.391. The van der Waals surface area contributed by atoms with E-state index in [4.69, 9.17) is 14.2 Å². The number of rotatable bonds is 20. The van der Waals surface area contributed by atoms with E-state index in [9.17, 15) is 19.2 Å². The maximum absolute atomic E-state index is 13.0. The Bertz CT molecular complexity index is 1810. The van der Waals surface area contributed by atoms with Crippen LogP contribution < -0.4 is 10.6 Å². The van der Waals surface area contributed by atoms with Gasteiger partial charge in [-0.15, -0.1) is 0 Å². The highest BCUT2D eigenvalue weighted by Gasteiger charge is 2.23. The minimum Gasteiger partial charge on any atom is -0.379 e. The zero-order valence-corrected chi connectivity index (χ0v) is 33.1. The van der Waals surface area contributed by atoms with Gasteiger partial charge >= 0.3 is 0 Å². The second kappa shape index (κ2) is 20.6. The molecule has 9 nitrogen and oxygen atoms in total. The van der Waals surface area contributed by atoms with Crippen molar-refractivity contribution in [3.8, 4) is 0 Å². The summed E-state index contributed by atoms with van der Waals surface area (Å²) in [5.74, 6) is -0.521. The summed E-state index contributed by atoms with van der Waals surface area (Å²) in [6.45, 7) is 13.4. The zero-order chi connectivity index (χ0) is 39.8. The predicted octanol–water partition coefficient (Wildman–Crippen LogP) is 9.31. The molecule has 0 saturated carbocycles. The largest absolute Gasteiger partial charge is 0.379 e. The SMILES string of the molecule is CC(C)(C)CCOCC(CCC(=O)Nc1ccc(C(=O)c2ccccc2)cc1)OCC(CCC(=O)Nc1ccc(C(=O)c2ccccc2)cc1)OC(C)(C)C. The van der Waals surface area contributed by atoms with Crippen molar-refractivity contribution in [2.45, 2.75) is 91.5 Å². The molecule has 0 aliphatic heterocycles. The van der Waals surface area contributed by atoms with E-state index in [1.807, 2.05) is 57.2 Å². The maximum Gasteiger partial charge on any atom is 0.224 e. The molecule has 0 radical (unpaired) electrons. The van der Waals surface area contributed by atoms with Crippen molar-refractivity contribution in [2.75, 3.05) is 30.5 Å². The van der Waals surface area contributed by atoms with E-state index in [2.05, 4.69) is 31.4 Å². The van der Waals surface area contributed by atoms with Gasteiger partial charge in [-0.05, 0) is 94.0 Å². The minimum absolute atomic E-state index is 0.0810. The summed E-state index contributed by atoms with van der Waals surface area (Å²) in [7, 11) is 0. The van der Waals surface area contributed by atoms with Gasteiger partial charge in [0.25, 0.3) is 0 Å². The quantitative estimate of drug-likeness (QED) is 0.0683. The van der Waals surface area contributed by atoms with E-state index < -0.39 is 5.60 Å². The average Bonchev–Trinajstić information content (AvgIpc) is 3.16. The standard InChI is InChI=1S/C46H56N2O7/c1-45(2,3)29-30-53-31-39(25-27-41(49)47-37-21-17-35(18-22-37)43(51)33-13-9-7-10-14-33)54-32-40(55-46(4,5)6)26-28-42(50)48-38-23-19-36(20-24-38)44(52)34-15-11-8-12-16-34/h7-24,39-40H,25-32H2,1-6H3,(H,47,49)(H,48,50). The molecule has 2 unspecified atom stereocenters. The van der Waals surface area contributed by atoms with Crippen LogP contribution in [0.5, 0.6) is 0 Å². The van der Waals surface area contributed by atoms with Crippen molar-refractivity contribution in [3.63, 3.8) is 0 Å². The molecule has 55 heavy (non-hydrogen) atoms. The minimum atomic E-state index is -0.481. The van der Waals surface area contributed by atoms with Crippen LogP contribution in [0.25, 0.3) is 0 Å². The van der Waals surface area contributed by atoms with Gasteiger partial charge in [-0.1, -0.05) is 81.4 Å². The third-order valence-corrected chi connectivity index (χ3v) is 8.66. The molecule has 4 rings (SSSR count). The Morgan fingerprint density at radius 1 is 0.545 bits per heavy atom. The molecule has 0 aliphatic carbocycles. The summed E-state index contributed by atoms with van der Waals surface area (Å²) in [5.41, 5.74) is 3.13. The molecule has 0 fully saturated rings. The first-order valence-electron chi connectivity index (χ1n) is 19.0. The van der Waals surface area contributed by atoms with Gasteiger partial charge in [0.2, 0.25) is 11.8 Å². The monoisotopic (exact) mass is 748 g/mol. The average molecular weight is 749 g/mol. The molecular weight excluding hydrogens is 693 g/mol. The first-order chi connectivity index (χ1) is 26.1. The molecule has 9 heteroatoms. The number of amides is 2. The fourth-order valence-corrected chi connectivity index (χ4v) is 5.68. The summed E-state index contributed by atoms with van der Waals surface area (Å²) in [6.07, 6.45) is 1.32. The van der Waals surface area contributed by atoms with E-state index in [1.54, 1.807) is 72.8 Å². The molecule has 2 atom stereocenters. The van der Waals surface area contributed by atoms with Crippen LogP contribution in [0.15, 0.2) is 109 Å². The summed E-state index contributed by atoms with van der Waals surface area (Å²) in [5, 5.41) is 5.84. The molecule has 0 bridgehead atoms. The van der Waals surface area contributed by atoms with E-state index in [0.29, 0.717) is 59.7 Å². The highest BCUT2D eigenvalue weighted by Crippen LogP contribution is 2.21. The number of hydrogen-bond donors (Lipinski definition) is 2. The van der Waals surface area contributed by atoms with Gasteiger partial charge in [0.05, 0.1) is 31.0 Å². The molecular formula is C46H56N2O7. The van der Waals surface area contributed by atoms with Crippen LogP contribution in [0.2, 0.25) is 0 Å². The molecule has 0 saturated heterocycles. The van der Waals surface area contributed by atoms with E-state index in [1.165, 1.54) is 0 Å². The Morgan fingerprint density at radius 3 is 1.38 bits per heavy atom. The van der Waals surface area contributed by atoms with Crippen LogP contribution in [-0.2, 0) is 23.8 Å². The topological polar surface area (TPSA) is 120 Å². The fourth-order valence-electron chi connectivity index (χ4n) is 5.68. The first-order valence-corrected chi connectivity index (χ1v) is 19.0. The Hall–Kier alpha value is -4.96. The summed E-state index contributed by atoms with van der Waals surface area (Å²) in [6, 6.07) is 31.9. The summed E-state index contributed by atoms with van der Waals surface area (Å²) < 4.78 is 18.7. The molecule has 2 amide bonds. The van der Waals surface area contributed by atoms with Crippen molar-refractivity contribution in [3.05, 3.63) is 131 Å². The van der Waals surface area contributed by atoms with Gasteiger partial charge in [-0.25, -0.2) is 0 Å². The van der Waals surface area contributed by atoms with Crippen molar-refractivity contribution in [1.82, 2.24) is 0 Å². The molecule has 2 N–H and O–H groups in total. The normalized spacial score (nSPS) is 12.8. The van der Waals surface area contributed by atoms with Crippen LogP contribution in [-0.4, -0.2) is 61.0 Å². The second-order valence-corrected chi connectivity index (χ2v) is 15.9. The molecule has 4 aromatic carbocycles. The Kier molecular flexibility index (Phi) is 16.1. The Balaban J connectivity index is 1.31. The lowest BCUT2D eigenvalue weighted by atomic mass is 9.93. The molecule has 0 spiro atoms. The third-order valence-electron chi connectivity index (χ3n) is 8.66.